The van der Waals surface area contributed by atoms with E-state index in [2.05, 4.69) is 56.9 Å². The molecule has 4 aliphatic heterocycles. The summed E-state index contributed by atoms with van der Waals surface area (Å²) in [4.78, 5) is 36.5. The molecule has 4 aliphatic rings. The number of non-ortho nitro benzene ring substituents is 3. The van der Waals surface area contributed by atoms with Crippen molar-refractivity contribution >= 4 is 56.9 Å². The largest absolute Gasteiger partial charge is 0.400 e. The van der Waals surface area contributed by atoms with Crippen LogP contribution in [0, 0.1) is 30.3 Å². The summed E-state index contributed by atoms with van der Waals surface area (Å²) < 4.78 is 21.9. The molecule has 8 rings (SSSR count). The van der Waals surface area contributed by atoms with Crippen LogP contribution in [0.4, 0.5) is 22.7 Å². The molecule has 4 saturated heterocycles. The minimum absolute atomic E-state index is 0.0962. The van der Waals surface area contributed by atoms with Crippen LogP contribution >= 0.6 is 34.2 Å². The predicted molar refractivity (Wildman–Crippen MR) is 297 cm³/mol. The minimum atomic E-state index is -0.433. The summed E-state index contributed by atoms with van der Waals surface area (Å²) in [6, 6.07) is 27.6. The van der Waals surface area contributed by atoms with Crippen molar-refractivity contribution in [2.45, 2.75) is 101 Å². The molecule has 4 atom stereocenters. The van der Waals surface area contributed by atoms with Crippen LogP contribution in [-0.2, 0) is 44.5 Å². The van der Waals surface area contributed by atoms with Crippen molar-refractivity contribution in [3.63, 3.8) is 0 Å². The predicted octanol–water partition coefficient (Wildman–Crippen LogP) is 9.07. The molecular formula is C52H78ClIN8O11. The first-order valence-corrected chi connectivity index (χ1v) is 27.2. The number of rotatable bonds is 17. The van der Waals surface area contributed by atoms with E-state index in [9.17, 15) is 30.3 Å². The third-order valence-corrected chi connectivity index (χ3v) is 11.9. The van der Waals surface area contributed by atoms with Crippen molar-refractivity contribution in [2.75, 3.05) is 84.5 Å². The number of nitrogens with zero attached hydrogens (tertiary/aromatic N) is 5. The number of hydrogen-bond donors (Lipinski definition) is 4. The SMILES string of the molecule is CI.CN(Cc1ccc(N)cc1)C[C@H]1CCCO1.CN(Cc1ccc([N+](=O)[O-])cc1)C[C@H]1CCCO1.CO.NC[C@H]1CCCO1.O=[N+]([O-])c1ccc(CCl)cc1.O=[N+]([O-])c1ccc(CNC[C@H]2CCCO2)cc1. The number of ether oxygens (including phenoxy) is 4. The van der Waals surface area contributed by atoms with Gasteiger partial charge in [0.15, 0.2) is 0 Å². The molecule has 0 radical (unpaired) electrons. The van der Waals surface area contributed by atoms with E-state index < -0.39 is 4.92 Å². The Kier molecular flexibility index (Phi) is 34.6. The molecular weight excluding hydrogens is 1070 g/mol. The van der Waals surface area contributed by atoms with E-state index in [1.165, 1.54) is 49.1 Å². The zero-order valence-electron chi connectivity index (χ0n) is 42.9. The van der Waals surface area contributed by atoms with Gasteiger partial charge in [-0.2, -0.15) is 0 Å². The monoisotopic (exact) mass is 1150 g/mol. The van der Waals surface area contributed by atoms with E-state index in [4.69, 9.17) is 47.1 Å². The van der Waals surface area contributed by atoms with Gasteiger partial charge in [-0.05, 0) is 105 Å². The average molecular weight is 1150 g/mol. The van der Waals surface area contributed by atoms with Gasteiger partial charge in [-0.1, -0.05) is 71.1 Å². The van der Waals surface area contributed by atoms with E-state index in [0.717, 1.165) is 127 Å². The van der Waals surface area contributed by atoms with Crippen LogP contribution < -0.4 is 16.8 Å². The molecule has 4 heterocycles. The topological polar surface area (TPSA) is 257 Å². The van der Waals surface area contributed by atoms with Gasteiger partial charge in [0.2, 0.25) is 0 Å². The molecule has 0 bridgehead atoms. The van der Waals surface area contributed by atoms with Gasteiger partial charge in [0.05, 0.1) is 39.2 Å². The van der Waals surface area contributed by atoms with Crippen LogP contribution in [0.5, 0.6) is 0 Å². The Morgan fingerprint density at radius 2 is 0.904 bits per heavy atom. The molecule has 406 valence electrons. The van der Waals surface area contributed by atoms with E-state index >= 15 is 0 Å². The third kappa shape index (κ3) is 28.1. The van der Waals surface area contributed by atoms with Crippen molar-refractivity contribution in [3.05, 3.63) is 150 Å². The molecule has 4 aromatic carbocycles. The van der Waals surface area contributed by atoms with Gasteiger partial charge in [0.1, 0.15) is 0 Å². The molecule has 0 amide bonds. The van der Waals surface area contributed by atoms with E-state index in [0.29, 0.717) is 36.8 Å². The number of nitro groups is 3. The lowest BCUT2D eigenvalue weighted by Gasteiger charge is -2.20. The zero-order valence-corrected chi connectivity index (χ0v) is 45.8. The first-order chi connectivity index (χ1) is 35.3. The molecule has 73 heavy (non-hydrogen) atoms. The molecule has 4 fully saturated rings. The number of benzene rings is 4. The number of likely N-dealkylation sites (N-methyl/N-ethyl adjacent to an activating group) is 2. The van der Waals surface area contributed by atoms with Gasteiger partial charge in [0, 0.05) is 127 Å². The summed E-state index contributed by atoms with van der Waals surface area (Å²) in [5.74, 6) is 0.387. The smallest absolute Gasteiger partial charge is 0.269 e. The Morgan fingerprint density at radius 3 is 1.22 bits per heavy atom. The number of nitro benzene ring substituents is 3. The lowest BCUT2D eigenvalue weighted by atomic mass is 10.2. The minimum Gasteiger partial charge on any atom is -0.400 e. The molecule has 0 saturated carbocycles. The fourth-order valence-electron chi connectivity index (χ4n) is 7.83. The number of aliphatic hydroxyl groups excluding tert-OH is 1. The highest BCUT2D eigenvalue weighted by molar-refractivity contribution is 14.1. The highest BCUT2D eigenvalue weighted by Gasteiger charge is 2.19. The Morgan fingerprint density at radius 1 is 0.575 bits per heavy atom. The second-order valence-electron chi connectivity index (χ2n) is 17.4. The Balaban J connectivity index is 0.000000315. The number of nitrogens with two attached hydrogens (primary N) is 2. The van der Waals surface area contributed by atoms with Crippen molar-refractivity contribution in [3.8, 4) is 0 Å². The van der Waals surface area contributed by atoms with Gasteiger partial charge in [-0.25, -0.2) is 0 Å². The average Bonchev–Trinajstić information content (AvgIpc) is 4.29. The van der Waals surface area contributed by atoms with Gasteiger partial charge in [0.25, 0.3) is 17.1 Å². The summed E-state index contributed by atoms with van der Waals surface area (Å²) >= 11 is 7.64. The number of nitrogen functional groups attached to an aromatic ring is 1. The lowest BCUT2D eigenvalue weighted by molar-refractivity contribution is -0.385. The number of hydrogen-bond acceptors (Lipinski definition) is 16. The van der Waals surface area contributed by atoms with Gasteiger partial charge >= 0.3 is 0 Å². The van der Waals surface area contributed by atoms with Crippen LogP contribution in [0.2, 0.25) is 0 Å². The second-order valence-corrected chi connectivity index (χ2v) is 17.7. The maximum atomic E-state index is 10.5. The maximum Gasteiger partial charge on any atom is 0.269 e. The zero-order chi connectivity index (χ0) is 53.8. The number of halogens is 2. The maximum absolute atomic E-state index is 10.5. The van der Waals surface area contributed by atoms with Crippen LogP contribution in [0.15, 0.2) is 97.1 Å². The summed E-state index contributed by atoms with van der Waals surface area (Å²) in [5, 5.41) is 41.5. The quantitative estimate of drug-likeness (QED) is 0.0253. The first kappa shape index (κ1) is 64.7. The summed E-state index contributed by atoms with van der Waals surface area (Å²) in [7, 11) is 5.18. The highest BCUT2D eigenvalue weighted by atomic mass is 127. The summed E-state index contributed by atoms with van der Waals surface area (Å²) in [5.41, 5.74) is 16.5. The lowest BCUT2D eigenvalue weighted by Crippen LogP contribution is -2.28. The van der Waals surface area contributed by atoms with E-state index in [1.807, 2.05) is 36.2 Å². The molecule has 19 nitrogen and oxygen atoms in total. The van der Waals surface area contributed by atoms with Crippen LogP contribution in [0.25, 0.3) is 0 Å². The fraction of sp³-hybridized carbons (Fsp3) is 0.538. The molecule has 6 N–H and O–H groups in total. The van der Waals surface area contributed by atoms with Gasteiger partial charge in [-0.15, -0.1) is 11.6 Å². The second kappa shape index (κ2) is 39.0. The molecule has 0 aromatic heterocycles. The normalized spacial score (nSPS) is 18.4. The number of aliphatic hydroxyl groups is 1. The van der Waals surface area contributed by atoms with E-state index in [-0.39, 0.29) is 26.9 Å². The Hall–Kier alpha value is -4.46. The standard InChI is InChI=1S/C13H18N2O3.C13H20N2O.C12H16N2O3.C7H6ClNO2.C5H11NO.CH3I.CH4O/c1-14(10-13-3-2-8-18-13)9-11-4-6-12(7-5-11)15(16)17;1-15(10-13-3-2-8-16-13)9-11-4-6-12(14)7-5-11;15-14(16)11-5-3-10(4-6-11)8-13-9-12-2-1-7-17-12;8-5-6-1-3-7(4-2-6)9(10)11;6-4-5-2-1-3-7-5;2*1-2/h4-7,13H,2-3,8-10H2,1H3;4-7,13H,2-3,8-10,14H2,1H3;3-6,12-13H,1-2,7-9H2;1-4H,5H2;5H,1-4,6H2;1H3;2H,1H3/t2*13-;12-;;5-;;/m111.1../s1. The van der Waals surface area contributed by atoms with Crippen molar-refractivity contribution in [1.82, 2.24) is 15.1 Å². The van der Waals surface area contributed by atoms with Gasteiger partial charge in [-0.3, -0.25) is 40.1 Å². The molecule has 0 unspecified atom stereocenters. The van der Waals surface area contributed by atoms with Crippen molar-refractivity contribution in [1.29, 1.82) is 0 Å². The molecule has 4 aromatic rings. The third-order valence-electron chi connectivity index (χ3n) is 11.6. The van der Waals surface area contributed by atoms with Crippen LogP contribution in [0.1, 0.15) is 73.6 Å². The number of anilines is 1. The Bertz CT molecular complexity index is 2060. The van der Waals surface area contributed by atoms with E-state index in [1.54, 1.807) is 36.4 Å². The van der Waals surface area contributed by atoms with Crippen molar-refractivity contribution < 1.29 is 38.8 Å². The fourth-order valence-corrected chi connectivity index (χ4v) is 8.00. The van der Waals surface area contributed by atoms with Gasteiger partial charge < -0.3 is 40.8 Å². The number of nitrogens with one attached hydrogen (secondary N) is 1. The molecule has 0 aliphatic carbocycles. The molecule has 0 spiro atoms. The Labute approximate surface area is 449 Å². The van der Waals surface area contributed by atoms with Crippen LogP contribution in [-0.4, -0.2) is 133 Å². The van der Waals surface area contributed by atoms with Crippen LogP contribution in [0.3, 0.4) is 0 Å². The first-order valence-electron chi connectivity index (χ1n) is 24.5. The highest BCUT2D eigenvalue weighted by Crippen LogP contribution is 2.18. The summed E-state index contributed by atoms with van der Waals surface area (Å²) in [6.07, 6.45) is 10.8. The molecule has 21 heteroatoms. The number of alkyl halides is 2. The van der Waals surface area contributed by atoms with Crippen molar-refractivity contribution in [2.24, 2.45) is 5.73 Å². The summed E-state index contributed by atoms with van der Waals surface area (Å²) in [6.45, 7) is 9.52.